The summed E-state index contributed by atoms with van der Waals surface area (Å²) < 4.78 is 30.2. The molecule has 3 aromatic rings. The van der Waals surface area contributed by atoms with Crippen LogP contribution in [0.4, 0.5) is 9.18 Å². The highest BCUT2D eigenvalue weighted by molar-refractivity contribution is 5.82. The van der Waals surface area contributed by atoms with Crippen LogP contribution in [0.1, 0.15) is 42.0 Å². The average Bonchev–Trinajstić information content (AvgIpc) is 2.91. The van der Waals surface area contributed by atoms with Crippen molar-refractivity contribution in [2.45, 2.75) is 44.6 Å². The van der Waals surface area contributed by atoms with Gasteiger partial charge in [0.15, 0.2) is 0 Å². The topological polar surface area (TPSA) is 65.1 Å². The molecule has 3 aromatic carbocycles. The lowest BCUT2D eigenvalue weighted by atomic mass is 9.91. The van der Waals surface area contributed by atoms with Crippen LogP contribution < -0.4 is 4.74 Å². The predicted molar refractivity (Wildman–Crippen MR) is 128 cm³/mol. The van der Waals surface area contributed by atoms with Crippen molar-refractivity contribution in [1.29, 1.82) is 0 Å². The molecular formula is C28H28FNO5. The molecule has 182 valence electrons. The molecule has 1 aliphatic rings. The third kappa shape index (κ3) is 5.98. The molecule has 35 heavy (non-hydrogen) atoms. The minimum Gasteiger partial charge on any atom is -0.489 e. The summed E-state index contributed by atoms with van der Waals surface area (Å²) in [6.45, 7) is 0.220. The maximum absolute atomic E-state index is 13.9. The first-order valence-corrected chi connectivity index (χ1v) is 11.6. The summed E-state index contributed by atoms with van der Waals surface area (Å²) in [5, 5.41) is 0. The van der Waals surface area contributed by atoms with Gasteiger partial charge in [-0.25, -0.2) is 14.0 Å². The fraction of sp³-hybridized carbons (Fsp3) is 0.286. The molecule has 0 spiro atoms. The molecule has 4 rings (SSSR count). The number of hydrogen-bond acceptors (Lipinski definition) is 5. The summed E-state index contributed by atoms with van der Waals surface area (Å²) in [6.07, 6.45) is 1.39. The van der Waals surface area contributed by atoms with Gasteiger partial charge in [-0.2, -0.15) is 0 Å². The maximum Gasteiger partial charge on any atom is 0.411 e. The Balaban J connectivity index is 1.49. The summed E-state index contributed by atoms with van der Waals surface area (Å²) in [7, 11) is 1.32. The van der Waals surface area contributed by atoms with Crippen LogP contribution in [-0.2, 0) is 27.5 Å². The zero-order chi connectivity index (χ0) is 24.6. The molecule has 1 saturated heterocycles. The second kappa shape index (κ2) is 11.5. The molecule has 6 nitrogen and oxygen atoms in total. The number of nitrogens with zero attached hydrogens (tertiary/aromatic N) is 1. The number of hydrogen-bond donors (Lipinski definition) is 0. The minimum absolute atomic E-state index is 0.109. The monoisotopic (exact) mass is 477 g/mol. The number of ether oxygens (including phenoxy) is 3. The zero-order valence-electron chi connectivity index (χ0n) is 19.6. The Labute approximate surface area is 204 Å². The van der Waals surface area contributed by atoms with E-state index in [-0.39, 0.29) is 25.1 Å². The molecule has 0 radical (unpaired) electrons. The normalized spacial score (nSPS) is 17.5. The van der Waals surface area contributed by atoms with Crippen LogP contribution in [0, 0.1) is 5.82 Å². The SMILES string of the molecule is COC(=O)[C@H]1CCC[C@@H](c2ccc(OCc3ccccc3F)cc2)N1C(=O)OCc1ccccc1. The molecule has 1 heterocycles. The number of esters is 1. The molecule has 0 aliphatic carbocycles. The Morgan fingerprint density at radius 3 is 2.34 bits per heavy atom. The van der Waals surface area contributed by atoms with Crippen LogP contribution in [0.25, 0.3) is 0 Å². The van der Waals surface area contributed by atoms with E-state index in [9.17, 15) is 14.0 Å². The van der Waals surface area contributed by atoms with E-state index in [1.165, 1.54) is 18.1 Å². The summed E-state index contributed by atoms with van der Waals surface area (Å²) in [5.41, 5.74) is 2.19. The predicted octanol–water partition coefficient (Wildman–Crippen LogP) is 5.81. The van der Waals surface area contributed by atoms with Gasteiger partial charge in [0, 0.05) is 5.56 Å². The molecule has 0 saturated carbocycles. The highest BCUT2D eigenvalue weighted by Crippen LogP contribution is 2.36. The lowest BCUT2D eigenvalue weighted by molar-refractivity contribution is -0.149. The highest BCUT2D eigenvalue weighted by Gasteiger charge is 2.40. The Bertz CT molecular complexity index is 1140. The van der Waals surface area contributed by atoms with E-state index in [2.05, 4.69) is 0 Å². The summed E-state index contributed by atoms with van der Waals surface area (Å²) in [6, 6.07) is 22.1. The van der Waals surface area contributed by atoms with Crippen molar-refractivity contribution in [3.63, 3.8) is 0 Å². The van der Waals surface area contributed by atoms with E-state index in [4.69, 9.17) is 14.2 Å². The number of carbonyl (C=O) groups is 2. The fourth-order valence-corrected chi connectivity index (χ4v) is 4.31. The van der Waals surface area contributed by atoms with Gasteiger partial charge in [-0.15, -0.1) is 0 Å². The van der Waals surface area contributed by atoms with Crippen LogP contribution in [0.2, 0.25) is 0 Å². The largest absolute Gasteiger partial charge is 0.489 e. The van der Waals surface area contributed by atoms with Crippen LogP contribution in [0.15, 0.2) is 78.9 Å². The molecule has 0 N–H and O–H groups in total. The lowest BCUT2D eigenvalue weighted by Crippen LogP contribution is -2.50. The first-order valence-electron chi connectivity index (χ1n) is 11.6. The van der Waals surface area contributed by atoms with Crippen molar-refractivity contribution < 1.29 is 28.2 Å². The first kappa shape index (κ1) is 24.3. The van der Waals surface area contributed by atoms with Crippen LogP contribution in [0.3, 0.4) is 0 Å². The van der Waals surface area contributed by atoms with Gasteiger partial charge < -0.3 is 14.2 Å². The smallest absolute Gasteiger partial charge is 0.411 e. The van der Waals surface area contributed by atoms with Crippen molar-refractivity contribution in [3.8, 4) is 5.75 Å². The van der Waals surface area contributed by atoms with Gasteiger partial charge in [0.1, 0.15) is 30.8 Å². The fourth-order valence-electron chi connectivity index (χ4n) is 4.31. The molecule has 1 amide bonds. The quantitative estimate of drug-likeness (QED) is 0.402. The number of likely N-dealkylation sites (tertiary alicyclic amines) is 1. The van der Waals surface area contributed by atoms with Gasteiger partial charge in [-0.3, -0.25) is 4.90 Å². The Morgan fingerprint density at radius 2 is 1.63 bits per heavy atom. The number of piperidine rings is 1. The summed E-state index contributed by atoms with van der Waals surface area (Å²) >= 11 is 0. The Morgan fingerprint density at radius 1 is 0.914 bits per heavy atom. The van der Waals surface area contributed by atoms with Gasteiger partial charge in [0.05, 0.1) is 13.2 Å². The number of carbonyl (C=O) groups excluding carboxylic acids is 2. The van der Waals surface area contributed by atoms with Crippen LogP contribution in [0.5, 0.6) is 5.75 Å². The molecular weight excluding hydrogens is 449 g/mol. The van der Waals surface area contributed by atoms with Gasteiger partial charge in [0.25, 0.3) is 0 Å². The van der Waals surface area contributed by atoms with Crippen LogP contribution >= 0.6 is 0 Å². The second-order valence-electron chi connectivity index (χ2n) is 8.38. The second-order valence-corrected chi connectivity index (χ2v) is 8.38. The van der Waals surface area contributed by atoms with Crippen molar-refractivity contribution in [2.24, 2.45) is 0 Å². The van der Waals surface area contributed by atoms with E-state index in [1.807, 2.05) is 42.5 Å². The van der Waals surface area contributed by atoms with Crippen molar-refractivity contribution in [2.75, 3.05) is 7.11 Å². The van der Waals surface area contributed by atoms with E-state index in [1.54, 1.807) is 30.3 Å². The Hall–Kier alpha value is -3.87. The average molecular weight is 478 g/mol. The van der Waals surface area contributed by atoms with E-state index in [0.29, 0.717) is 24.2 Å². The third-order valence-electron chi connectivity index (χ3n) is 6.13. The van der Waals surface area contributed by atoms with Crippen LogP contribution in [-0.4, -0.2) is 30.1 Å². The number of rotatable bonds is 7. The Kier molecular flexibility index (Phi) is 7.98. The molecule has 1 fully saturated rings. The molecule has 2 atom stereocenters. The maximum atomic E-state index is 13.9. The number of benzene rings is 3. The third-order valence-corrected chi connectivity index (χ3v) is 6.13. The minimum atomic E-state index is -0.723. The van der Waals surface area contributed by atoms with Gasteiger partial charge >= 0.3 is 12.1 Å². The summed E-state index contributed by atoms with van der Waals surface area (Å²) in [5.74, 6) is -0.198. The van der Waals surface area contributed by atoms with Crippen molar-refractivity contribution >= 4 is 12.1 Å². The number of amides is 1. The van der Waals surface area contributed by atoms with Gasteiger partial charge in [-0.1, -0.05) is 60.7 Å². The molecule has 0 bridgehead atoms. The van der Waals surface area contributed by atoms with Crippen molar-refractivity contribution in [3.05, 3.63) is 101 Å². The highest BCUT2D eigenvalue weighted by atomic mass is 19.1. The van der Waals surface area contributed by atoms with E-state index < -0.39 is 18.1 Å². The zero-order valence-corrected chi connectivity index (χ0v) is 19.6. The standard InChI is InChI=1S/C28H28FNO5/c1-33-27(31)26-13-7-12-25(30(26)28(32)35-18-20-8-3-2-4-9-20)21-14-16-23(17-15-21)34-19-22-10-5-6-11-24(22)29/h2-6,8-11,14-17,25-26H,7,12-13,18-19H2,1H3/t25-,26+/m0/s1. The summed E-state index contributed by atoms with van der Waals surface area (Å²) in [4.78, 5) is 27.2. The van der Waals surface area contributed by atoms with E-state index >= 15 is 0 Å². The lowest BCUT2D eigenvalue weighted by Gasteiger charge is -2.40. The number of halogens is 1. The number of methoxy groups -OCH3 is 1. The van der Waals surface area contributed by atoms with Gasteiger partial charge in [0.2, 0.25) is 0 Å². The van der Waals surface area contributed by atoms with E-state index in [0.717, 1.165) is 17.5 Å². The molecule has 1 aliphatic heterocycles. The van der Waals surface area contributed by atoms with Crippen molar-refractivity contribution in [1.82, 2.24) is 4.90 Å². The molecule has 0 aromatic heterocycles. The molecule has 7 heteroatoms. The van der Waals surface area contributed by atoms with Gasteiger partial charge in [-0.05, 0) is 48.6 Å². The first-order chi connectivity index (χ1) is 17.1. The molecule has 0 unspecified atom stereocenters.